The lowest BCUT2D eigenvalue weighted by molar-refractivity contribution is 0.0696. The summed E-state index contributed by atoms with van der Waals surface area (Å²) in [4.78, 5) is 18.9. The Morgan fingerprint density at radius 3 is 2.58 bits per heavy atom. The van der Waals surface area contributed by atoms with Crippen LogP contribution in [0.5, 0.6) is 0 Å². The fourth-order valence-electron chi connectivity index (χ4n) is 3.28. The quantitative estimate of drug-likeness (QED) is 0.826. The maximum absolute atomic E-state index is 12.7. The summed E-state index contributed by atoms with van der Waals surface area (Å²) in [7, 11) is -3.48. The number of sulfone groups is 1. The van der Waals surface area contributed by atoms with Gasteiger partial charge in [-0.1, -0.05) is 25.1 Å². The Morgan fingerprint density at radius 2 is 1.88 bits per heavy atom. The van der Waals surface area contributed by atoms with Gasteiger partial charge in [0.25, 0.3) is 5.91 Å². The molecule has 1 aliphatic rings. The topological polar surface area (TPSA) is 67.3 Å². The number of aromatic nitrogens is 1. The second kappa shape index (κ2) is 7.58. The highest BCUT2D eigenvalue weighted by molar-refractivity contribution is 7.90. The zero-order chi connectivity index (χ0) is 18.7. The average molecular weight is 372 g/mol. The van der Waals surface area contributed by atoms with Crippen LogP contribution in [0.25, 0.3) is 0 Å². The van der Waals surface area contributed by atoms with Gasteiger partial charge >= 0.3 is 0 Å². The minimum absolute atomic E-state index is 0.0699. The molecule has 26 heavy (non-hydrogen) atoms. The van der Waals surface area contributed by atoms with E-state index in [0.29, 0.717) is 21.9 Å². The number of rotatable bonds is 4. The molecule has 1 aliphatic heterocycles. The zero-order valence-electron chi connectivity index (χ0n) is 15.2. The van der Waals surface area contributed by atoms with E-state index in [4.69, 9.17) is 0 Å². The molecule has 0 radical (unpaired) electrons. The first kappa shape index (κ1) is 18.6. The average Bonchev–Trinajstić information content (AvgIpc) is 2.62. The molecular formula is C20H24N2O3S. The lowest BCUT2D eigenvalue weighted by Crippen LogP contribution is -2.38. The third kappa shape index (κ3) is 4.12. The summed E-state index contributed by atoms with van der Waals surface area (Å²) in [6.07, 6.45) is 5.04. The maximum Gasteiger partial charge on any atom is 0.255 e. The highest BCUT2D eigenvalue weighted by Gasteiger charge is 2.23. The second-order valence-corrected chi connectivity index (χ2v) is 9.04. The molecule has 1 amide bonds. The molecule has 0 bridgehead atoms. The third-order valence-electron chi connectivity index (χ3n) is 4.90. The van der Waals surface area contributed by atoms with Crippen molar-refractivity contribution in [1.82, 2.24) is 9.88 Å². The van der Waals surface area contributed by atoms with E-state index in [1.165, 1.54) is 12.4 Å². The Morgan fingerprint density at radius 1 is 1.19 bits per heavy atom. The van der Waals surface area contributed by atoms with Crippen molar-refractivity contribution < 1.29 is 13.2 Å². The largest absolute Gasteiger partial charge is 0.339 e. The maximum atomic E-state index is 12.7. The highest BCUT2D eigenvalue weighted by Crippen LogP contribution is 2.21. The Balaban J connectivity index is 1.79. The highest BCUT2D eigenvalue weighted by atomic mass is 32.2. The van der Waals surface area contributed by atoms with E-state index in [9.17, 15) is 13.2 Å². The van der Waals surface area contributed by atoms with Crippen LogP contribution in [0.1, 0.15) is 41.3 Å². The van der Waals surface area contributed by atoms with Crippen LogP contribution in [0.2, 0.25) is 0 Å². The summed E-state index contributed by atoms with van der Waals surface area (Å²) >= 11 is 0. The van der Waals surface area contributed by atoms with Crippen LogP contribution in [-0.4, -0.2) is 37.3 Å². The molecule has 0 atom stereocenters. The molecule has 1 aromatic heterocycles. The number of nitrogens with zero attached hydrogens (tertiary/aromatic N) is 2. The van der Waals surface area contributed by atoms with Gasteiger partial charge in [0.1, 0.15) is 0 Å². The lowest BCUT2D eigenvalue weighted by Gasteiger charge is -2.30. The predicted octanol–water partition coefficient (Wildman–Crippen LogP) is 3.24. The Bertz CT molecular complexity index is 901. The molecule has 0 saturated carbocycles. The first-order valence-electron chi connectivity index (χ1n) is 8.88. The van der Waals surface area contributed by atoms with E-state index >= 15 is 0 Å². The monoisotopic (exact) mass is 372 g/mol. The van der Waals surface area contributed by atoms with Gasteiger partial charge in [-0.25, -0.2) is 8.42 Å². The van der Waals surface area contributed by atoms with Crippen LogP contribution >= 0.6 is 0 Å². The minimum Gasteiger partial charge on any atom is -0.339 e. The third-order valence-corrected chi connectivity index (χ3v) is 6.74. The van der Waals surface area contributed by atoms with Gasteiger partial charge in [-0.2, -0.15) is 0 Å². The van der Waals surface area contributed by atoms with E-state index < -0.39 is 9.84 Å². The standard InChI is InChI=1S/C20H24N2O3S/c1-15-7-9-22(10-8-15)20(23)18-11-17(12-21-13-18)14-26(24,25)19-6-4-3-5-16(19)2/h3-6,11-13,15H,7-10,14H2,1-2H3. The molecule has 3 rings (SSSR count). The molecule has 1 saturated heterocycles. The van der Waals surface area contributed by atoms with Crippen molar-refractivity contribution >= 4 is 15.7 Å². The number of benzene rings is 1. The summed E-state index contributed by atoms with van der Waals surface area (Å²) in [6.45, 7) is 5.46. The van der Waals surface area contributed by atoms with E-state index in [1.54, 1.807) is 31.2 Å². The van der Waals surface area contributed by atoms with Crippen LogP contribution in [0.4, 0.5) is 0 Å². The number of amides is 1. The van der Waals surface area contributed by atoms with Crippen LogP contribution in [-0.2, 0) is 15.6 Å². The molecule has 0 N–H and O–H groups in total. The van der Waals surface area contributed by atoms with Crippen LogP contribution in [0.15, 0.2) is 47.6 Å². The molecule has 0 unspecified atom stereocenters. The SMILES string of the molecule is Cc1ccccc1S(=O)(=O)Cc1cncc(C(=O)N2CCC(C)CC2)c1. The second-order valence-electron chi connectivity index (χ2n) is 7.08. The van der Waals surface area contributed by atoms with Crippen molar-refractivity contribution in [3.63, 3.8) is 0 Å². The van der Waals surface area contributed by atoms with Gasteiger partial charge in [0.2, 0.25) is 0 Å². The first-order chi connectivity index (χ1) is 12.4. The van der Waals surface area contributed by atoms with Crippen molar-refractivity contribution in [3.8, 4) is 0 Å². The zero-order valence-corrected chi connectivity index (χ0v) is 16.0. The van der Waals surface area contributed by atoms with Crippen LogP contribution in [0, 0.1) is 12.8 Å². The van der Waals surface area contributed by atoms with E-state index in [-0.39, 0.29) is 11.7 Å². The number of likely N-dealkylation sites (tertiary alicyclic amines) is 1. The Labute approximate surface area is 155 Å². The molecule has 0 spiro atoms. The number of carbonyl (C=O) groups is 1. The number of hydrogen-bond donors (Lipinski definition) is 0. The summed E-state index contributed by atoms with van der Waals surface area (Å²) < 4.78 is 25.4. The first-order valence-corrected chi connectivity index (χ1v) is 10.5. The number of aryl methyl sites for hydroxylation is 1. The number of carbonyl (C=O) groups excluding carboxylic acids is 1. The summed E-state index contributed by atoms with van der Waals surface area (Å²) in [5.41, 5.74) is 1.71. The van der Waals surface area contributed by atoms with Crippen molar-refractivity contribution in [2.24, 2.45) is 5.92 Å². The molecule has 1 aromatic carbocycles. The van der Waals surface area contributed by atoms with Gasteiger partial charge in [-0.15, -0.1) is 0 Å². The molecule has 2 aromatic rings. The Hall–Kier alpha value is -2.21. The molecule has 2 heterocycles. The van der Waals surface area contributed by atoms with Crippen molar-refractivity contribution in [3.05, 3.63) is 59.4 Å². The van der Waals surface area contributed by atoms with Gasteiger partial charge in [-0.3, -0.25) is 9.78 Å². The number of piperidine rings is 1. The van der Waals surface area contributed by atoms with E-state index in [0.717, 1.165) is 31.5 Å². The fourth-order valence-corrected chi connectivity index (χ4v) is 4.88. The van der Waals surface area contributed by atoms with Crippen molar-refractivity contribution in [2.75, 3.05) is 13.1 Å². The van der Waals surface area contributed by atoms with Crippen molar-refractivity contribution in [1.29, 1.82) is 0 Å². The normalized spacial score (nSPS) is 15.8. The lowest BCUT2D eigenvalue weighted by atomic mass is 9.99. The van der Waals surface area contributed by atoms with Gasteiger partial charge in [0, 0.05) is 25.5 Å². The summed E-state index contributed by atoms with van der Waals surface area (Å²) in [5, 5.41) is 0. The smallest absolute Gasteiger partial charge is 0.255 e. The van der Waals surface area contributed by atoms with Crippen LogP contribution in [0.3, 0.4) is 0 Å². The Kier molecular flexibility index (Phi) is 5.41. The summed E-state index contributed by atoms with van der Waals surface area (Å²) in [5.74, 6) is 0.408. The number of hydrogen-bond acceptors (Lipinski definition) is 4. The minimum atomic E-state index is -3.48. The molecule has 138 valence electrons. The fraction of sp³-hybridized carbons (Fsp3) is 0.400. The summed E-state index contributed by atoms with van der Waals surface area (Å²) in [6, 6.07) is 8.58. The van der Waals surface area contributed by atoms with Gasteiger partial charge in [-0.05, 0) is 48.9 Å². The predicted molar refractivity (Wildman–Crippen MR) is 101 cm³/mol. The molecule has 5 nitrogen and oxygen atoms in total. The van der Waals surface area contributed by atoms with E-state index in [1.807, 2.05) is 11.0 Å². The molecule has 1 fully saturated rings. The van der Waals surface area contributed by atoms with Crippen molar-refractivity contribution in [2.45, 2.75) is 37.3 Å². The van der Waals surface area contributed by atoms with Gasteiger partial charge in [0.15, 0.2) is 9.84 Å². The van der Waals surface area contributed by atoms with Gasteiger partial charge in [0.05, 0.1) is 16.2 Å². The molecule has 6 heteroatoms. The van der Waals surface area contributed by atoms with E-state index in [2.05, 4.69) is 11.9 Å². The van der Waals surface area contributed by atoms with Crippen LogP contribution < -0.4 is 0 Å². The molecule has 0 aliphatic carbocycles. The number of pyridine rings is 1. The molecular weight excluding hydrogens is 348 g/mol. The van der Waals surface area contributed by atoms with Gasteiger partial charge < -0.3 is 4.90 Å².